The fourth-order valence-electron chi connectivity index (χ4n) is 3.90. The van der Waals surface area contributed by atoms with Gasteiger partial charge >= 0.3 is 6.03 Å². The van der Waals surface area contributed by atoms with E-state index in [2.05, 4.69) is 65.6 Å². The van der Waals surface area contributed by atoms with Gasteiger partial charge in [-0.3, -0.25) is 10.1 Å². The normalized spacial score (nSPS) is 15.8. The highest BCUT2D eigenvalue weighted by molar-refractivity contribution is 6.00. The van der Waals surface area contributed by atoms with Gasteiger partial charge < -0.3 is 5.32 Å². The number of nitrogens with one attached hydrogen (secondary N) is 2. The van der Waals surface area contributed by atoms with Crippen LogP contribution in [0.5, 0.6) is 0 Å². The minimum Gasteiger partial charge on any atom is -0.308 e. The molecule has 0 radical (unpaired) electrons. The molecule has 164 valence electrons. The minimum atomic E-state index is -0.426. The van der Waals surface area contributed by atoms with E-state index in [9.17, 15) is 9.59 Å². The average molecular weight is 429 g/mol. The molecule has 2 aromatic carbocycles. The molecule has 0 unspecified atom stereocenters. The van der Waals surface area contributed by atoms with E-state index in [0.29, 0.717) is 29.8 Å². The van der Waals surface area contributed by atoms with Gasteiger partial charge in [0.1, 0.15) is 0 Å². The summed E-state index contributed by atoms with van der Waals surface area (Å²) in [6, 6.07) is 15.6. The van der Waals surface area contributed by atoms with Gasteiger partial charge in [0, 0.05) is 18.3 Å². The van der Waals surface area contributed by atoms with Crippen LogP contribution in [0, 0.1) is 6.92 Å². The number of anilines is 2. The lowest BCUT2D eigenvalue weighted by molar-refractivity contribution is 0.0962. The first-order valence-corrected chi connectivity index (χ1v) is 10.8. The molecular formula is C26H28N4O2. The molecule has 6 nitrogen and oxygen atoms in total. The Morgan fingerprint density at radius 1 is 0.969 bits per heavy atom. The molecular weight excluding hydrogens is 400 g/mol. The Morgan fingerprint density at radius 2 is 1.66 bits per heavy atom. The van der Waals surface area contributed by atoms with E-state index in [1.54, 1.807) is 0 Å². The van der Waals surface area contributed by atoms with E-state index < -0.39 is 6.03 Å². The second kappa shape index (κ2) is 8.54. The molecule has 1 aromatic heterocycles. The van der Waals surface area contributed by atoms with Gasteiger partial charge in [-0.25, -0.2) is 14.8 Å². The van der Waals surface area contributed by atoms with E-state index in [0.717, 1.165) is 11.1 Å². The topological polar surface area (TPSA) is 84.0 Å². The summed E-state index contributed by atoms with van der Waals surface area (Å²) in [7, 11) is 0. The summed E-state index contributed by atoms with van der Waals surface area (Å²) in [6.45, 7) is 8.53. The van der Waals surface area contributed by atoms with E-state index >= 15 is 0 Å². The Morgan fingerprint density at radius 3 is 2.31 bits per heavy atom. The Labute approximate surface area is 188 Å². The smallest absolute Gasteiger partial charge is 0.308 e. The molecule has 2 N–H and O–H groups in total. The van der Waals surface area contributed by atoms with Gasteiger partial charge in [-0.15, -0.1) is 0 Å². The highest BCUT2D eigenvalue weighted by Crippen LogP contribution is 2.33. The van der Waals surface area contributed by atoms with Gasteiger partial charge in [0.25, 0.3) is 0 Å². The molecule has 0 aliphatic heterocycles. The number of aromatic nitrogens is 2. The van der Waals surface area contributed by atoms with Crippen LogP contribution >= 0.6 is 0 Å². The van der Waals surface area contributed by atoms with Crippen molar-refractivity contribution in [3.8, 4) is 0 Å². The zero-order valence-corrected chi connectivity index (χ0v) is 18.9. The third-order valence-corrected chi connectivity index (χ3v) is 5.82. The van der Waals surface area contributed by atoms with E-state index in [1.807, 2.05) is 31.2 Å². The van der Waals surface area contributed by atoms with Gasteiger partial charge in [-0.2, -0.15) is 0 Å². The predicted molar refractivity (Wildman–Crippen MR) is 126 cm³/mol. The minimum absolute atomic E-state index is 0.0341. The van der Waals surface area contributed by atoms with Crippen molar-refractivity contribution in [2.24, 2.45) is 0 Å². The Kier molecular flexibility index (Phi) is 5.78. The van der Waals surface area contributed by atoms with Crippen LogP contribution in [0.4, 0.5) is 16.4 Å². The average Bonchev–Trinajstić information content (AvgIpc) is 2.74. The molecule has 2 amide bonds. The number of Topliss-reactive ketones (excluding diaryl/α,β-unsaturated/α-hetero) is 1. The van der Waals surface area contributed by atoms with Crippen molar-refractivity contribution in [2.45, 2.75) is 51.9 Å². The molecule has 3 aromatic rings. The highest BCUT2D eigenvalue weighted by Gasteiger charge is 2.28. The number of benzene rings is 2. The summed E-state index contributed by atoms with van der Waals surface area (Å²) in [5.74, 6) is 0.282. The van der Waals surface area contributed by atoms with Crippen LogP contribution in [0.1, 0.15) is 65.9 Å². The van der Waals surface area contributed by atoms with Crippen LogP contribution in [0.3, 0.4) is 0 Å². The second-order valence-corrected chi connectivity index (χ2v) is 9.40. The Bertz CT molecular complexity index is 1150. The SMILES string of the molecule is Cc1ccc(NC(=O)Nc2ncc3c(n2)C[C@H](c2ccc(C(C)(C)C)cc2)CC3=O)cc1. The number of nitrogens with zero attached hydrogens (tertiary/aromatic N) is 2. The number of carbonyl (C=O) groups is 2. The van der Waals surface area contributed by atoms with Crippen LogP contribution < -0.4 is 10.6 Å². The van der Waals surface area contributed by atoms with Gasteiger partial charge in [0.15, 0.2) is 5.78 Å². The van der Waals surface area contributed by atoms with Crippen molar-refractivity contribution < 1.29 is 9.59 Å². The number of hydrogen-bond acceptors (Lipinski definition) is 4. The monoisotopic (exact) mass is 428 g/mol. The van der Waals surface area contributed by atoms with Crippen molar-refractivity contribution in [3.05, 3.63) is 82.7 Å². The third-order valence-electron chi connectivity index (χ3n) is 5.82. The number of aryl methyl sites for hydroxylation is 1. The number of hydrogen-bond donors (Lipinski definition) is 2. The quantitative estimate of drug-likeness (QED) is 0.565. The first-order chi connectivity index (χ1) is 15.2. The maximum Gasteiger partial charge on any atom is 0.326 e. The number of ketones is 1. The zero-order valence-electron chi connectivity index (χ0n) is 18.9. The van der Waals surface area contributed by atoms with Crippen molar-refractivity contribution in [2.75, 3.05) is 10.6 Å². The second-order valence-electron chi connectivity index (χ2n) is 9.40. The molecule has 0 bridgehead atoms. The first-order valence-electron chi connectivity index (χ1n) is 10.8. The van der Waals surface area contributed by atoms with Crippen molar-refractivity contribution in [3.63, 3.8) is 0 Å². The van der Waals surface area contributed by atoms with E-state index in [4.69, 9.17) is 0 Å². The van der Waals surface area contributed by atoms with Gasteiger partial charge in [-0.1, -0.05) is 62.7 Å². The first kappa shape index (κ1) is 21.7. The van der Waals surface area contributed by atoms with E-state index in [-0.39, 0.29) is 23.1 Å². The predicted octanol–water partition coefficient (Wildman–Crippen LogP) is 5.64. The summed E-state index contributed by atoms with van der Waals surface area (Å²) < 4.78 is 0. The number of amides is 2. The molecule has 6 heteroatoms. The lowest BCUT2D eigenvalue weighted by Gasteiger charge is -2.25. The maximum absolute atomic E-state index is 12.7. The molecule has 1 atom stereocenters. The van der Waals surface area contributed by atoms with Crippen molar-refractivity contribution >= 4 is 23.5 Å². The van der Waals surface area contributed by atoms with E-state index in [1.165, 1.54) is 11.8 Å². The van der Waals surface area contributed by atoms with Crippen LogP contribution in [-0.4, -0.2) is 21.8 Å². The van der Waals surface area contributed by atoms with Crippen LogP contribution in [0.2, 0.25) is 0 Å². The summed E-state index contributed by atoms with van der Waals surface area (Å²) >= 11 is 0. The largest absolute Gasteiger partial charge is 0.326 e. The van der Waals surface area contributed by atoms with Crippen molar-refractivity contribution in [1.29, 1.82) is 0 Å². The molecule has 0 spiro atoms. The summed E-state index contributed by atoms with van der Waals surface area (Å²) in [5.41, 5.74) is 5.48. The lowest BCUT2D eigenvalue weighted by atomic mass is 9.80. The zero-order chi connectivity index (χ0) is 22.9. The molecule has 0 fully saturated rings. The number of fused-ring (bicyclic) bond motifs is 1. The standard InChI is InChI=1S/C26H28N4O2/c1-16-5-11-20(12-6-16)28-25(32)30-24-27-15-21-22(29-24)13-18(14-23(21)31)17-7-9-19(10-8-17)26(2,3)4/h5-12,15,18H,13-14H2,1-4H3,(H2,27,28,29,30,32)/t18-/m0/s1. The Balaban J connectivity index is 1.48. The molecule has 0 saturated carbocycles. The molecule has 1 aliphatic carbocycles. The fourth-order valence-corrected chi connectivity index (χ4v) is 3.90. The number of urea groups is 1. The lowest BCUT2D eigenvalue weighted by Crippen LogP contribution is -2.24. The van der Waals surface area contributed by atoms with Gasteiger partial charge in [0.2, 0.25) is 5.95 Å². The maximum atomic E-state index is 12.7. The number of carbonyl (C=O) groups excluding carboxylic acids is 2. The summed E-state index contributed by atoms with van der Waals surface area (Å²) in [6.07, 6.45) is 2.59. The number of rotatable bonds is 3. The highest BCUT2D eigenvalue weighted by atomic mass is 16.2. The van der Waals surface area contributed by atoms with Gasteiger partial charge in [-0.05, 0) is 47.9 Å². The van der Waals surface area contributed by atoms with Crippen molar-refractivity contribution in [1.82, 2.24) is 9.97 Å². The molecule has 1 aliphatic rings. The van der Waals surface area contributed by atoms with Crippen LogP contribution in [0.15, 0.2) is 54.7 Å². The summed E-state index contributed by atoms with van der Waals surface area (Å²) in [4.78, 5) is 33.7. The molecule has 0 saturated heterocycles. The third kappa shape index (κ3) is 4.85. The summed E-state index contributed by atoms with van der Waals surface area (Å²) in [5, 5.41) is 5.43. The molecule has 32 heavy (non-hydrogen) atoms. The Hall–Kier alpha value is -3.54. The molecule has 1 heterocycles. The van der Waals surface area contributed by atoms with Crippen LogP contribution in [0.25, 0.3) is 0 Å². The fraction of sp³-hybridized carbons (Fsp3) is 0.308. The molecule has 4 rings (SSSR count). The van der Waals surface area contributed by atoms with Gasteiger partial charge in [0.05, 0.1) is 11.3 Å². The van der Waals surface area contributed by atoms with Crippen LogP contribution in [-0.2, 0) is 11.8 Å².